The molecule has 28 heavy (non-hydrogen) atoms. The molecule has 1 amide bonds. The summed E-state index contributed by atoms with van der Waals surface area (Å²) in [5.41, 5.74) is 1.99. The maximum Gasteiger partial charge on any atom is 0.243 e. The zero-order valence-electron chi connectivity index (χ0n) is 16.1. The van der Waals surface area contributed by atoms with Gasteiger partial charge in [-0.25, -0.2) is 8.42 Å². The molecular formula is C21H25ClN2O3S. The molecule has 0 unspecified atom stereocenters. The average molecular weight is 421 g/mol. The van der Waals surface area contributed by atoms with E-state index in [9.17, 15) is 13.2 Å². The molecule has 0 spiro atoms. The molecule has 0 saturated carbocycles. The summed E-state index contributed by atoms with van der Waals surface area (Å²) in [6.45, 7) is 4.91. The molecule has 1 saturated heterocycles. The fraction of sp³-hybridized carbons (Fsp3) is 0.381. The Bertz CT molecular complexity index is 917. The van der Waals surface area contributed by atoms with Crippen LogP contribution in [0.25, 0.3) is 0 Å². The predicted molar refractivity (Wildman–Crippen MR) is 112 cm³/mol. The first-order chi connectivity index (χ1) is 13.3. The van der Waals surface area contributed by atoms with Crippen molar-refractivity contribution in [2.24, 2.45) is 5.92 Å². The molecule has 7 heteroatoms. The Morgan fingerprint density at radius 2 is 1.61 bits per heavy atom. The number of carbonyl (C=O) groups is 1. The van der Waals surface area contributed by atoms with Gasteiger partial charge in [0.1, 0.15) is 0 Å². The smallest absolute Gasteiger partial charge is 0.243 e. The Morgan fingerprint density at radius 1 is 1.04 bits per heavy atom. The highest BCUT2D eigenvalue weighted by Crippen LogP contribution is 2.26. The monoisotopic (exact) mass is 420 g/mol. The molecule has 0 atom stereocenters. The van der Waals surface area contributed by atoms with Gasteiger partial charge in [0.05, 0.1) is 4.90 Å². The van der Waals surface area contributed by atoms with Gasteiger partial charge < -0.3 is 5.32 Å². The number of hydrogen-bond donors (Lipinski definition) is 1. The summed E-state index contributed by atoms with van der Waals surface area (Å²) in [7, 11) is -3.56. The fourth-order valence-electron chi connectivity index (χ4n) is 3.31. The van der Waals surface area contributed by atoms with Crippen LogP contribution in [0.1, 0.15) is 38.2 Å². The van der Waals surface area contributed by atoms with Crippen LogP contribution < -0.4 is 5.32 Å². The van der Waals surface area contributed by atoms with Crippen molar-refractivity contribution in [2.45, 2.75) is 37.5 Å². The van der Waals surface area contributed by atoms with Crippen molar-refractivity contribution in [3.63, 3.8) is 0 Å². The van der Waals surface area contributed by atoms with Crippen molar-refractivity contribution < 1.29 is 13.2 Å². The van der Waals surface area contributed by atoms with E-state index < -0.39 is 10.0 Å². The third kappa shape index (κ3) is 4.74. The van der Waals surface area contributed by atoms with Crippen LogP contribution in [0.4, 0.5) is 5.69 Å². The van der Waals surface area contributed by atoms with Gasteiger partial charge in [0, 0.05) is 29.7 Å². The normalized spacial score (nSPS) is 16.3. The van der Waals surface area contributed by atoms with E-state index in [1.165, 1.54) is 22.0 Å². The minimum absolute atomic E-state index is 0.0548. The molecular weight excluding hydrogens is 396 g/mol. The van der Waals surface area contributed by atoms with E-state index in [0.717, 1.165) is 5.69 Å². The second kappa shape index (κ2) is 8.64. The van der Waals surface area contributed by atoms with E-state index in [0.29, 0.717) is 36.9 Å². The standard InChI is InChI=1S/C21H25ClN2O3S/c1-15(2)16-3-7-19(8-4-16)23-21(25)17-11-13-24(14-12-17)28(26,27)20-9-5-18(22)6-10-20/h3-10,15,17H,11-14H2,1-2H3,(H,23,25). The van der Waals surface area contributed by atoms with Gasteiger partial charge >= 0.3 is 0 Å². The van der Waals surface area contributed by atoms with Gasteiger partial charge in [0.15, 0.2) is 0 Å². The summed E-state index contributed by atoms with van der Waals surface area (Å²) >= 11 is 5.84. The summed E-state index contributed by atoms with van der Waals surface area (Å²) in [6, 6.07) is 14.0. The maximum absolute atomic E-state index is 12.7. The first-order valence-electron chi connectivity index (χ1n) is 9.44. The summed E-state index contributed by atoms with van der Waals surface area (Å²) in [4.78, 5) is 12.8. The zero-order valence-corrected chi connectivity index (χ0v) is 17.6. The first-order valence-corrected chi connectivity index (χ1v) is 11.3. The highest BCUT2D eigenvalue weighted by Gasteiger charge is 2.32. The third-order valence-electron chi connectivity index (χ3n) is 5.12. The molecule has 0 bridgehead atoms. The molecule has 1 aliphatic heterocycles. The second-order valence-corrected chi connectivity index (χ2v) is 9.77. The van der Waals surface area contributed by atoms with E-state index in [-0.39, 0.29) is 16.7 Å². The molecule has 1 heterocycles. The van der Waals surface area contributed by atoms with Crippen LogP contribution in [0.2, 0.25) is 5.02 Å². The fourth-order valence-corrected chi connectivity index (χ4v) is 4.91. The number of nitrogens with one attached hydrogen (secondary N) is 1. The molecule has 2 aromatic rings. The molecule has 0 radical (unpaired) electrons. The molecule has 0 aliphatic carbocycles. The van der Waals surface area contributed by atoms with Gasteiger partial charge in [-0.05, 0) is 60.7 Å². The van der Waals surface area contributed by atoms with Crippen LogP contribution in [-0.2, 0) is 14.8 Å². The van der Waals surface area contributed by atoms with Gasteiger partial charge in [-0.1, -0.05) is 37.6 Å². The van der Waals surface area contributed by atoms with Gasteiger partial charge in [0.2, 0.25) is 15.9 Å². The highest BCUT2D eigenvalue weighted by atomic mass is 35.5. The summed E-state index contributed by atoms with van der Waals surface area (Å²) < 4.78 is 26.9. The molecule has 3 rings (SSSR count). The van der Waals surface area contributed by atoms with E-state index in [4.69, 9.17) is 11.6 Å². The minimum atomic E-state index is -3.56. The Hall–Kier alpha value is -1.89. The number of sulfonamides is 1. The van der Waals surface area contributed by atoms with E-state index in [1.807, 2.05) is 24.3 Å². The van der Waals surface area contributed by atoms with Gasteiger partial charge in [-0.15, -0.1) is 0 Å². The van der Waals surface area contributed by atoms with Crippen molar-refractivity contribution in [2.75, 3.05) is 18.4 Å². The number of piperidine rings is 1. The quantitative estimate of drug-likeness (QED) is 0.774. The van der Waals surface area contributed by atoms with E-state index in [2.05, 4.69) is 19.2 Å². The number of rotatable bonds is 5. The maximum atomic E-state index is 12.7. The van der Waals surface area contributed by atoms with Crippen LogP contribution >= 0.6 is 11.6 Å². The van der Waals surface area contributed by atoms with Crippen LogP contribution in [0, 0.1) is 5.92 Å². The number of hydrogen-bond acceptors (Lipinski definition) is 3. The largest absolute Gasteiger partial charge is 0.326 e. The van der Waals surface area contributed by atoms with Gasteiger partial charge in [-0.3, -0.25) is 4.79 Å². The SMILES string of the molecule is CC(C)c1ccc(NC(=O)C2CCN(S(=O)(=O)c3ccc(Cl)cc3)CC2)cc1. The van der Waals surface area contributed by atoms with Crippen molar-refractivity contribution in [1.82, 2.24) is 4.31 Å². The molecule has 5 nitrogen and oxygen atoms in total. The molecule has 0 aromatic heterocycles. The van der Waals surface area contributed by atoms with Gasteiger partial charge in [0.25, 0.3) is 0 Å². The van der Waals surface area contributed by atoms with Crippen molar-refractivity contribution in [3.8, 4) is 0 Å². The third-order valence-corrected chi connectivity index (χ3v) is 7.29. The van der Waals surface area contributed by atoms with Crippen molar-refractivity contribution in [1.29, 1.82) is 0 Å². The highest BCUT2D eigenvalue weighted by molar-refractivity contribution is 7.89. The van der Waals surface area contributed by atoms with Crippen LogP contribution in [0.15, 0.2) is 53.4 Å². The Labute approximate surface area is 171 Å². The first kappa shape index (κ1) is 20.8. The molecule has 150 valence electrons. The van der Waals surface area contributed by atoms with Gasteiger partial charge in [-0.2, -0.15) is 4.31 Å². The molecule has 1 aliphatic rings. The topological polar surface area (TPSA) is 66.5 Å². The Kier molecular flexibility index (Phi) is 6.43. The predicted octanol–water partition coefficient (Wildman–Crippen LogP) is 4.50. The molecule has 1 N–H and O–H groups in total. The second-order valence-electron chi connectivity index (χ2n) is 7.40. The van der Waals surface area contributed by atoms with Crippen molar-refractivity contribution >= 4 is 33.2 Å². The summed E-state index contributed by atoms with van der Waals surface area (Å²) in [5.74, 6) is 0.193. The summed E-state index contributed by atoms with van der Waals surface area (Å²) in [6.07, 6.45) is 1.01. The lowest BCUT2D eigenvalue weighted by atomic mass is 9.97. The number of amides is 1. The van der Waals surface area contributed by atoms with E-state index >= 15 is 0 Å². The molecule has 1 fully saturated rings. The Balaban J connectivity index is 1.58. The number of anilines is 1. The lowest BCUT2D eigenvalue weighted by molar-refractivity contribution is -0.120. The zero-order chi connectivity index (χ0) is 20.3. The Morgan fingerprint density at radius 3 is 2.14 bits per heavy atom. The number of carbonyl (C=O) groups excluding carboxylic acids is 1. The lowest BCUT2D eigenvalue weighted by Crippen LogP contribution is -2.41. The average Bonchev–Trinajstić information content (AvgIpc) is 2.69. The minimum Gasteiger partial charge on any atom is -0.326 e. The van der Waals surface area contributed by atoms with Crippen LogP contribution in [0.5, 0.6) is 0 Å². The number of benzene rings is 2. The van der Waals surface area contributed by atoms with Crippen molar-refractivity contribution in [3.05, 3.63) is 59.1 Å². The van der Waals surface area contributed by atoms with Crippen LogP contribution in [0.3, 0.4) is 0 Å². The van der Waals surface area contributed by atoms with E-state index in [1.54, 1.807) is 12.1 Å². The number of nitrogens with zero attached hydrogens (tertiary/aromatic N) is 1. The van der Waals surface area contributed by atoms with Crippen LogP contribution in [-0.4, -0.2) is 31.7 Å². The molecule has 2 aromatic carbocycles. The summed E-state index contributed by atoms with van der Waals surface area (Å²) in [5, 5.41) is 3.44. The lowest BCUT2D eigenvalue weighted by Gasteiger charge is -2.30. The number of halogens is 1.